The Labute approximate surface area is 155 Å². The minimum absolute atomic E-state index is 0.0279. The van der Waals surface area contributed by atoms with Crippen LogP contribution in [0, 0.1) is 5.82 Å². The number of hydrogen-bond donors (Lipinski definition) is 2. The standard InChI is InChI=1S/C17H15FN2O5S2/c18-13-4-1-7-16(10-13)27(23,24)20-14-5-2-8-17(11-14)26(21,22)19-12-15-6-3-9-25-15/h1-11,19-20H,12H2. The first-order chi connectivity index (χ1) is 12.8. The van der Waals surface area contributed by atoms with E-state index in [1.165, 1.54) is 42.7 Å². The molecule has 3 rings (SSSR count). The lowest BCUT2D eigenvalue weighted by molar-refractivity contribution is 0.498. The summed E-state index contributed by atoms with van der Waals surface area (Å²) >= 11 is 0. The van der Waals surface area contributed by atoms with E-state index in [4.69, 9.17) is 4.42 Å². The third-order valence-corrected chi connectivity index (χ3v) is 6.30. The predicted molar refractivity (Wildman–Crippen MR) is 96.4 cm³/mol. The zero-order chi connectivity index (χ0) is 19.5. The summed E-state index contributed by atoms with van der Waals surface area (Å²) in [5, 5.41) is 0. The number of rotatable bonds is 7. The van der Waals surface area contributed by atoms with E-state index in [0.29, 0.717) is 5.76 Å². The van der Waals surface area contributed by atoms with Gasteiger partial charge in [0.25, 0.3) is 10.0 Å². The maximum Gasteiger partial charge on any atom is 0.261 e. The van der Waals surface area contributed by atoms with Gasteiger partial charge in [0.15, 0.2) is 0 Å². The molecule has 0 atom stereocenters. The molecule has 0 unspecified atom stereocenters. The van der Waals surface area contributed by atoms with Gasteiger partial charge in [-0.1, -0.05) is 12.1 Å². The Kier molecular flexibility index (Phi) is 5.31. The highest BCUT2D eigenvalue weighted by Crippen LogP contribution is 2.20. The van der Waals surface area contributed by atoms with E-state index in [2.05, 4.69) is 9.44 Å². The van der Waals surface area contributed by atoms with E-state index in [0.717, 1.165) is 12.1 Å². The monoisotopic (exact) mass is 410 g/mol. The summed E-state index contributed by atoms with van der Waals surface area (Å²) in [7, 11) is -7.96. The van der Waals surface area contributed by atoms with Crippen molar-refractivity contribution in [3.8, 4) is 0 Å². The molecule has 2 N–H and O–H groups in total. The number of hydrogen-bond acceptors (Lipinski definition) is 5. The lowest BCUT2D eigenvalue weighted by atomic mass is 10.3. The zero-order valence-corrected chi connectivity index (χ0v) is 15.4. The molecule has 0 spiro atoms. The second-order valence-electron chi connectivity index (χ2n) is 5.49. The summed E-state index contributed by atoms with van der Waals surface area (Å²) < 4.78 is 72.4. The molecule has 0 radical (unpaired) electrons. The first kappa shape index (κ1) is 19.1. The molecule has 0 fully saturated rings. The van der Waals surface area contributed by atoms with E-state index in [1.54, 1.807) is 12.1 Å². The van der Waals surface area contributed by atoms with E-state index >= 15 is 0 Å². The minimum Gasteiger partial charge on any atom is -0.468 e. The van der Waals surface area contributed by atoms with Gasteiger partial charge in [-0.05, 0) is 48.5 Å². The summed E-state index contributed by atoms with van der Waals surface area (Å²) in [5.41, 5.74) is 0.0279. The largest absolute Gasteiger partial charge is 0.468 e. The van der Waals surface area contributed by atoms with Crippen molar-refractivity contribution in [2.24, 2.45) is 0 Å². The van der Waals surface area contributed by atoms with Gasteiger partial charge in [0.2, 0.25) is 10.0 Å². The third kappa shape index (κ3) is 4.73. The molecule has 0 saturated carbocycles. The molecule has 7 nitrogen and oxygen atoms in total. The van der Waals surface area contributed by atoms with Gasteiger partial charge in [-0.15, -0.1) is 0 Å². The molecule has 0 aliphatic heterocycles. The Morgan fingerprint density at radius 3 is 2.22 bits per heavy atom. The maximum atomic E-state index is 13.3. The van der Waals surface area contributed by atoms with E-state index in [9.17, 15) is 21.2 Å². The Balaban J connectivity index is 1.80. The number of halogens is 1. The summed E-state index contributed by atoms with van der Waals surface area (Å²) in [5.74, 6) is -0.266. The van der Waals surface area contributed by atoms with Gasteiger partial charge >= 0.3 is 0 Å². The highest BCUT2D eigenvalue weighted by Gasteiger charge is 2.18. The van der Waals surface area contributed by atoms with Crippen molar-refractivity contribution in [3.05, 3.63) is 78.5 Å². The van der Waals surface area contributed by atoms with Crippen molar-refractivity contribution in [2.45, 2.75) is 16.3 Å². The molecule has 142 valence electrons. The zero-order valence-electron chi connectivity index (χ0n) is 13.8. The minimum atomic E-state index is -4.07. The van der Waals surface area contributed by atoms with Crippen LogP contribution in [0.3, 0.4) is 0 Å². The Hall–Kier alpha value is -2.69. The van der Waals surface area contributed by atoms with Crippen molar-refractivity contribution >= 4 is 25.7 Å². The number of sulfonamides is 2. The van der Waals surface area contributed by atoms with Crippen molar-refractivity contribution in [2.75, 3.05) is 4.72 Å². The Morgan fingerprint density at radius 2 is 1.56 bits per heavy atom. The Bertz CT molecular complexity index is 1140. The van der Waals surface area contributed by atoms with Crippen molar-refractivity contribution in [1.82, 2.24) is 4.72 Å². The molecule has 0 saturated heterocycles. The van der Waals surface area contributed by atoms with Crippen molar-refractivity contribution in [1.29, 1.82) is 0 Å². The summed E-state index contributed by atoms with van der Waals surface area (Å²) in [6, 6.07) is 13.0. The first-order valence-electron chi connectivity index (χ1n) is 7.67. The molecule has 1 heterocycles. The quantitative estimate of drug-likeness (QED) is 0.623. The smallest absolute Gasteiger partial charge is 0.261 e. The number of nitrogens with one attached hydrogen (secondary N) is 2. The highest BCUT2D eigenvalue weighted by atomic mass is 32.2. The van der Waals surface area contributed by atoms with Crippen LogP contribution in [-0.4, -0.2) is 16.8 Å². The molecule has 2 aromatic carbocycles. The molecule has 0 aliphatic rings. The van der Waals surface area contributed by atoms with Crippen LogP contribution >= 0.6 is 0 Å². The van der Waals surface area contributed by atoms with Crippen LogP contribution in [0.1, 0.15) is 5.76 Å². The van der Waals surface area contributed by atoms with E-state index in [1.807, 2.05) is 0 Å². The van der Waals surface area contributed by atoms with Crippen LogP contribution in [0.4, 0.5) is 10.1 Å². The van der Waals surface area contributed by atoms with Crippen LogP contribution in [0.15, 0.2) is 81.1 Å². The lowest BCUT2D eigenvalue weighted by Gasteiger charge is -2.10. The van der Waals surface area contributed by atoms with E-state index < -0.39 is 25.9 Å². The number of furan rings is 1. The number of benzene rings is 2. The van der Waals surface area contributed by atoms with Crippen LogP contribution in [0.2, 0.25) is 0 Å². The second kappa shape index (κ2) is 7.51. The lowest BCUT2D eigenvalue weighted by Crippen LogP contribution is -2.23. The molecule has 3 aromatic rings. The van der Waals surface area contributed by atoms with Gasteiger partial charge in [0.1, 0.15) is 11.6 Å². The summed E-state index contributed by atoms with van der Waals surface area (Å²) in [4.78, 5) is -0.403. The van der Waals surface area contributed by atoms with Crippen LogP contribution < -0.4 is 9.44 Å². The fraction of sp³-hybridized carbons (Fsp3) is 0.0588. The van der Waals surface area contributed by atoms with Gasteiger partial charge in [-0.3, -0.25) is 4.72 Å². The van der Waals surface area contributed by atoms with Gasteiger partial charge in [0.05, 0.1) is 28.3 Å². The van der Waals surface area contributed by atoms with Crippen molar-refractivity contribution in [3.63, 3.8) is 0 Å². The van der Waals surface area contributed by atoms with Gasteiger partial charge in [-0.25, -0.2) is 25.9 Å². The molecular weight excluding hydrogens is 395 g/mol. The normalized spacial score (nSPS) is 12.0. The van der Waals surface area contributed by atoms with E-state index in [-0.39, 0.29) is 22.0 Å². The predicted octanol–water partition coefficient (Wildman–Crippen LogP) is 2.70. The third-order valence-electron chi connectivity index (χ3n) is 3.52. The van der Waals surface area contributed by atoms with Crippen molar-refractivity contribution < 1.29 is 25.6 Å². The highest BCUT2D eigenvalue weighted by molar-refractivity contribution is 7.92. The number of anilines is 1. The van der Waals surface area contributed by atoms with Crippen LogP contribution in [0.5, 0.6) is 0 Å². The van der Waals surface area contributed by atoms with Gasteiger partial charge in [0, 0.05) is 0 Å². The fourth-order valence-corrected chi connectivity index (χ4v) is 4.36. The molecule has 27 heavy (non-hydrogen) atoms. The average Bonchev–Trinajstić information content (AvgIpc) is 3.14. The SMILES string of the molecule is O=S(=O)(NCc1ccco1)c1cccc(NS(=O)(=O)c2cccc(F)c2)c1. The second-order valence-corrected chi connectivity index (χ2v) is 8.94. The molecule has 1 aromatic heterocycles. The van der Waals surface area contributed by atoms with Gasteiger partial charge < -0.3 is 4.42 Å². The Morgan fingerprint density at radius 1 is 0.852 bits per heavy atom. The summed E-state index contributed by atoms with van der Waals surface area (Å²) in [6.45, 7) is -0.0470. The maximum absolute atomic E-state index is 13.3. The summed E-state index contributed by atoms with van der Waals surface area (Å²) in [6.07, 6.45) is 1.42. The fourth-order valence-electron chi connectivity index (χ4n) is 2.24. The van der Waals surface area contributed by atoms with Crippen LogP contribution in [-0.2, 0) is 26.6 Å². The average molecular weight is 410 g/mol. The van der Waals surface area contributed by atoms with Crippen LogP contribution in [0.25, 0.3) is 0 Å². The molecule has 10 heteroatoms. The first-order valence-corrected chi connectivity index (χ1v) is 10.6. The molecule has 0 aliphatic carbocycles. The molecule has 0 bridgehead atoms. The molecule has 0 amide bonds. The molecular formula is C17H15FN2O5S2. The van der Waals surface area contributed by atoms with Gasteiger partial charge in [-0.2, -0.15) is 0 Å². The topological polar surface area (TPSA) is 105 Å².